The molecule has 0 saturated carbocycles. The molecule has 0 rings (SSSR count). The van der Waals surface area contributed by atoms with Crippen molar-refractivity contribution >= 4 is 35.6 Å². The fraction of sp³-hybridized carbons (Fsp3) is 0.538. The van der Waals surface area contributed by atoms with Crippen molar-refractivity contribution in [3.8, 4) is 0 Å². The second-order valence-corrected chi connectivity index (χ2v) is 4.75. The zero-order valence-corrected chi connectivity index (χ0v) is 13.3. The smallest absolute Gasteiger partial charge is 0.322 e. The van der Waals surface area contributed by atoms with Crippen molar-refractivity contribution in [2.24, 2.45) is 0 Å². The highest BCUT2D eigenvalue weighted by Gasteiger charge is 2.09. The highest BCUT2D eigenvalue weighted by molar-refractivity contribution is 5.88. The van der Waals surface area contributed by atoms with Crippen molar-refractivity contribution in [1.82, 2.24) is 21.3 Å². The van der Waals surface area contributed by atoms with E-state index in [-0.39, 0.29) is 32.4 Å². The fourth-order valence-electron chi connectivity index (χ4n) is 1.42. The molecule has 0 saturated heterocycles. The van der Waals surface area contributed by atoms with Crippen LogP contribution in [0.3, 0.4) is 0 Å². The first-order valence-electron chi connectivity index (χ1n) is 7.21. The van der Waals surface area contributed by atoms with Crippen LogP contribution in [0.1, 0.15) is 19.3 Å². The van der Waals surface area contributed by atoms with E-state index in [1.54, 1.807) is 0 Å². The number of nitrogens with one attached hydrogen (secondary N) is 4. The summed E-state index contributed by atoms with van der Waals surface area (Å²) >= 11 is 0. The summed E-state index contributed by atoms with van der Waals surface area (Å²) in [5.74, 6) is -4.69. The molecule has 25 heavy (non-hydrogen) atoms. The molecule has 0 fully saturated rings. The third-order valence-corrected chi connectivity index (χ3v) is 2.57. The van der Waals surface area contributed by atoms with E-state index in [0.717, 1.165) is 0 Å². The number of hydrogen-bond donors (Lipinski definition) is 6. The largest absolute Gasteiger partial charge is 0.480 e. The van der Waals surface area contributed by atoms with E-state index in [1.165, 1.54) is 0 Å². The molecule has 0 atom stereocenters. The lowest BCUT2D eigenvalue weighted by atomic mass is 10.2. The number of amides is 4. The monoisotopic (exact) mass is 360 g/mol. The standard InChI is InChI=1S/C13H20N4O8/c18-8(14-4-10(20)16-6-12(22)23)2-1-3-9(19)15-5-11(21)17-7-13(24)25/h1-7H2,(H,14,18)(H,15,19)(H,16,20)(H,17,21)(H,22,23)(H,24,25). The molecule has 4 amide bonds. The Bertz CT molecular complexity index is 488. The molecular weight excluding hydrogens is 340 g/mol. The van der Waals surface area contributed by atoms with E-state index in [0.29, 0.717) is 0 Å². The average Bonchev–Trinajstić information content (AvgIpc) is 2.54. The summed E-state index contributed by atoms with van der Waals surface area (Å²) in [5.41, 5.74) is 0. The Morgan fingerprint density at radius 2 is 0.840 bits per heavy atom. The van der Waals surface area contributed by atoms with Crippen molar-refractivity contribution in [2.75, 3.05) is 26.2 Å². The maximum Gasteiger partial charge on any atom is 0.322 e. The number of carbonyl (C=O) groups excluding carboxylic acids is 4. The first kappa shape index (κ1) is 21.8. The highest BCUT2D eigenvalue weighted by atomic mass is 16.4. The van der Waals surface area contributed by atoms with E-state index >= 15 is 0 Å². The molecule has 0 aliphatic rings. The van der Waals surface area contributed by atoms with Crippen molar-refractivity contribution in [3.63, 3.8) is 0 Å². The third-order valence-electron chi connectivity index (χ3n) is 2.57. The molecule has 0 radical (unpaired) electrons. The summed E-state index contributed by atoms with van der Waals surface area (Å²) in [4.78, 5) is 65.6. The summed E-state index contributed by atoms with van der Waals surface area (Å²) in [6, 6.07) is 0. The second kappa shape index (κ2) is 12.3. The molecule has 0 bridgehead atoms. The van der Waals surface area contributed by atoms with Crippen molar-refractivity contribution in [1.29, 1.82) is 0 Å². The minimum absolute atomic E-state index is 0.0369. The quantitative estimate of drug-likeness (QED) is 0.209. The number of hydrogen-bond acceptors (Lipinski definition) is 6. The minimum atomic E-state index is -1.21. The van der Waals surface area contributed by atoms with Crippen LogP contribution >= 0.6 is 0 Å². The first-order valence-corrected chi connectivity index (χ1v) is 7.21. The van der Waals surface area contributed by atoms with Gasteiger partial charge in [-0.3, -0.25) is 28.8 Å². The van der Waals surface area contributed by atoms with Crippen molar-refractivity contribution in [3.05, 3.63) is 0 Å². The number of rotatable bonds is 12. The summed E-state index contributed by atoms with van der Waals surface area (Å²) in [6.07, 6.45) is 0.0981. The van der Waals surface area contributed by atoms with Crippen molar-refractivity contribution < 1.29 is 39.0 Å². The predicted molar refractivity (Wildman–Crippen MR) is 81.2 cm³/mol. The highest BCUT2D eigenvalue weighted by Crippen LogP contribution is 1.95. The zero-order chi connectivity index (χ0) is 19.2. The van der Waals surface area contributed by atoms with Crippen molar-refractivity contribution in [2.45, 2.75) is 19.3 Å². The van der Waals surface area contributed by atoms with Gasteiger partial charge in [-0.15, -0.1) is 0 Å². The van der Waals surface area contributed by atoms with Gasteiger partial charge >= 0.3 is 11.9 Å². The molecule has 0 aromatic rings. The van der Waals surface area contributed by atoms with Gasteiger partial charge in [-0.2, -0.15) is 0 Å². The lowest BCUT2D eigenvalue weighted by molar-refractivity contribution is -0.138. The molecule has 6 N–H and O–H groups in total. The summed E-state index contributed by atoms with van der Waals surface area (Å²) < 4.78 is 0. The van der Waals surface area contributed by atoms with E-state index in [1.807, 2.05) is 0 Å². The lowest BCUT2D eigenvalue weighted by Gasteiger charge is -2.06. The van der Waals surface area contributed by atoms with Crippen LogP contribution in [0.4, 0.5) is 0 Å². The normalized spacial score (nSPS) is 9.60. The van der Waals surface area contributed by atoms with Crippen LogP contribution in [0, 0.1) is 0 Å². The predicted octanol–water partition coefficient (Wildman–Crippen LogP) is -3.21. The molecule has 12 nitrogen and oxygen atoms in total. The SMILES string of the molecule is O=C(O)CNC(=O)CNC(=O)CCCC(=O)NCC(=O)NCC(=O)O. The Morgan fingerprint density at radius 1 is 0.520 bits per heavy atom. The number of carboxylic acid groups (broad SMARTS) is 2. The summed E-state index contributed by atoms with van der Waals surface area (Å²) in [7, 11) is 0. The van der Waals surface area contributed by atoms with Gasteiger partial charge in [-0.25, -0.2) is 0 Å². The number of carbonyl (C=O) groups is 6. The van der Waals surface area contributed by atoms with Gasteiger partial charge in [0.15, 0.2) is 0 Å². The Hall–Kier alpha value is -3.18. The lowest BCUT2D eigenvalue weighted by Crippen LogP contribution is -2.39. The molecule has 140 valence electrons. The Labute approximate surface area is 142 Å². The molecule has 0 aromatic carbocycles. The molecule has 12 heteroatoms. The van der Waals surface area contributed by atoms with Crippen LogP contribution in [0.5, 0.6) is 0 Å². The maximum atomic E-state index is 11.4. The van der Waals surface area contributed by atoms with Crippen LogP contribution < -0.4 is 21.3 Å². The molecule has 0 heterocycles. The minimum Gasteiger partial charge on any atom is -0.480 e. The zero-order valence-electron chi connectivity index (χ0n) is 13.3. The molecule has 0 aromatic heterocycles. The van der Waals surface area contributed by atoms with Gasteiger partial charge < -0.3 is 31.5 Å². The van der Waals surface area contributed by atoms with Crippen LogP contribution in [0.25, 0.3) is 0 Å². The van der Waals surface area contributed by atoms with Gasteiger partial charge in [0.1, 0.15) is 13.1 Å². The van der Waals surface area contributed by atoms with Gasteiger partial charge in [0.25, 0.3) is 0 Å². The molecule has 0 aliphatic carbocycles. The van der Waals surface area contributed by atoms with Crippen LogP contribution in [0.2, 0.25) is 0 Å². The van der Waals surface area contributed by atoms with Gasteiger partial charge in [-0.1, -0.05) is 0 Å². The van der Waals surface area contributed by atoms with Gasteiger partial charge in [0.2, 0.25) is 23.6 Å². The maximum absolute atomic E-state index is 11.4. The average molecular weight is 360 g/mol. The van der Waals surface area contributed by atoms with E-state index in [4.69, 9.17) is 10.2 Å². The van der Waals surface area contributed by atoms with Gasteiger partial charge in [0, 0.05) is 12.8 Å². The van der Waals surface area contributed by atoms with Gasteiger partial charge in [-0.05, 0) is 6.42 Å². The Morgan fingerprint density at radius 3 is 1.16 bits per heavy atom. The molecule has 0 unspecified atom stereocenters. The number of carboxylic acids is 2. The molecule has 0 spiro atoms. The molecule has 0 aliphatic heterocycles. The molecular formula is C13H20N4O8. The fourth-order valence-corrected chi connectivity index (χ4v) is 1.42. The first-order chi connectivity index (χ1) is 11.7. The van der Waals surface area contributed by atoms with E-state index < -0.39 is 48.7 Å². The van der Waals surface area contributed by atoms with E-state index in [2.05, 4.69) is 21.3 Å². The number of aliphatic carboxylic acids is 2. The van der Waals surface area contributed by atoms with Crippen LogP contribution in [-0.2, 0) is 28.8 Å². The van der Waals surface area contributed by atoms with Crippen LogP contribution in [-0.4, -0.2) is 72.0 Å². The second-order valence-electron chi connectivity index (χ2n) is 4.75. The Balaban J connectivity index is 3.74. The topological polar surface area (TPSA) is 191 Å². The third kappa shape index (κ3) is 14.2. The van der Waals surface area contributed by atoms with E-state index in [9.17, 15) is 28.8 Å². The van der Waals surface area contributed by atoms with Crippen LogP contribution in [0.15, 0.2) is 0 Å². The van der Waals surface area contributed by atoms with Gasteiger partial charge in [0.05, 0.1) is 13.1 Å². The summed E-state index contributed by atoms with van der Waals surface area (Å²) in [5, 5.41) is 25.4. The summed E-state index contributed by atoms with van der Waals surface area (Å²) in [6.45, 7) is -1.84. The Kier molecular flexibility index (Phi) is 10.7.